The van der Waals surface area contributed by atoms with Crippen molar-refractivity contribution in [2.24, 2.45) is 10.4 Å². The highest BCUT2D eigenvalue weighted by atomic mass is 15.3. The summed E-state index contributed by atoms with van der Waals surface area (Å²) in [5.74, 6) is 2.09. The van der Waals surface area contributed by atoms with Crippen molar-refractivity contribution in [3.05, 3.63) is 23.9 Å². The van der Waals surface area contributed by atoms with E-state index in [0.717, 1.165) is 38.0 Å². The minimum Gasteiger partial charge on any atom is -0.357 e. The van der Waals surface area contributed by atoms with Gasteiger partial charge in [0.1, 0.15) is 5.82 Å². The van der Waals surface area contributed by atoms with Crippen LogP contribution in [-0.4, -0.2) is 49.1 Å². The molecule has 0 bridgehead atoms. The van der Waals surface area contributed by atoms with E-state index in [-0.39, 0.29) is 0 Å². The standard InChI is InChI=1S/C20H33N5/c1-4-24(5-2)18-9-8-17(14-22-18)15-23-19(21-3)25-13-12-20(16-25)10-6-7-11-20/h8-9,14H,4-7,10-13,15-16H2,1-3H3,(H,21,23). The first-order valence-corrected chi connectivity index (χ1v) is 9.85. The van der Waals surface area contributed by atoms with Gasteiger partial charge in [0, 0.05) is 46.0 Å². The minimum absolute atomic E-state index is 0.574. The van der Waals surface area contributed by atoms with E-state index in [1.54, 1.807) is 0 Å². The Balaban J connectivity index is 1.55. The fourth-order valence-electron chi connectivity index (χ4n) is 4.42. The Morgan fingerprint density at radius 1 is 1.24 bits per heavy atom. The maximum absolute atomic E-state index is 4.61. The number of guanidine groups is 1. The molecule has 0 radical (unpaired) electrons. The SMILES string of the molecule is CCN(CC)c1ccc(CNC(=NC)N2CCC3(CCCC3)C2)cn1. The summed E-state index contributed by atoms with van der Waals surface area (Å²) in [5.41, 5.74) is 1.77. The van der Waals surface area contributed by atoms with Crippen LogP contribution in [0.25, 0.3) is 0 Å². The number of likely N-dealkylation sites (tertiary alicyclic amines) is 1. The molecular weight excluding hydrogens is 310 g/mol. The molecule has 2 fully saturated rings. The van der Waals surface area contributed by atoms with E-state index >= 15 is 0 Å². The van der Waals surface area contributed by atoms with Crippen LogP contribution in [0.3, 0.4) is 0 Å². The molecule has 0 atom stereocenters. The average molecular weight is 344 g/mol. The van der Waals surface area contributed by atoms with Crippen molar-refractivity contribution >= 4 is 11.8 Å². The molecule has 2 heterocycles. The lowest BCUT2D eigenvalue weighted by Crippen LogP contribution is -2.40. The molecule has 1 saturated carbocycles. The van der Waals surface area contributed by atoms with E-state index in [4.69, 9.17) is 0 Å². The zero-order valence-electron chi connectivity index (χ0n) is 16.1. The van der Waals surface area contributed by atoms with Crippen molar-refractivity contribution < 1.29 is 0 Å². The van der Waals surface area contributed by atoms with Crippen molar-refractivity contribution in [1.29, 1.82) is 0 Å². The first-order valence-electron chi connectivity index (χ1n) is 9.85. The number of hydrogen-bond donors (Lipinski definition) is 1. The summed E-state index contributed by atoms with van der Waals surface area (Å²) in [7, 11) is 1.89. The normalized spacial score (nSPS) is 19.6. The average Bonchev–Trinajstić information content (AvgIpc) is 3.28. The highest BCUT2D eigenvalue weighted by Gasteiger charge is 2.41. The van der Waals surface area contributed by atoms with Crippen molar-refractivity contribution in [3.8, 4) is 0 Å². The Morgan fingerprint density at radius 3 is 2.60 bits per heavy atom. The lowest BCUT2D eigenvalue weighted by molar-refractivity contribution is 0.309. The zero-order valence-corrected chi connectivity index (χ0v) is 16.1. The lowest BCUT2D eigenvalue weighted by Gasteiger charge is -2.26. The number of aliphatic imine (C=N–C) groups is 1. The number of aromatic nitrogens is 1. The molecule has 1 saturated heterocycles. The van der Waals surface area contributed by atoms with E-state index in [9.17, 15) is 0 Å². The summed E-state index contributed by atoms with van der Waals surface area (Å²) in [5, 5.41) is 3.53. The van der Waals surface area contributed by atoms with Crippen LogP contribution in [0, 0.1) is 5.41 Å². The zero-order chi connectivity index (χ0) is 17.7. The van der Waals surface area contributed by atoms with Gasteiger partial charge in [-0.25, -0.2) is 4.98 Å². The molecule has 1 aliphatic heterocycles. The minimum atomic E-state index is 0.574. The highest BCUT2D eigenvalue weighted by Crippen LogP contribution is 2.45. The molecule has 1 aliphatic carbocycles. The molecule has 25 heavy (non-hydrogen) atoms. The van der Waals surface area contributed by atoms with Gasteiger partial charge in [0.25, 0.3) is 0 Å². The second-order valence-electron chi connectivity index (χ2n) is 7.48. The molecular formula is C20H33N5. The molecule has 1 aromatic heterocycles. The van der Waals surface area contributed by atoms with Crippen LogP contribution in [0.4, 0.5) is 5.82 Å². The number of nitrogens with one attached hydrogen (secondary N) is 1. The predicted molar refractivity (Wildman–Crippen MR) is 105 cm³/mol. The van der Waals surface area contributed by atoms with Gasteiger partial charge in [0.15, 0.2) is 5.96 Å². The fraction of sp³-hybridized carbons (Fsp3) is 0.700. The summed E-state index contributed by atoms with van der Waals surface area (Å²) in [6.07, 6.45) is 8.92. The van der Waals surface area contributed by atoms with Gasteiger partial charge in [-0.1, -0.05) is 18.9 Å². The number of rotatable bonds is 5. The van der Waals surface area contributed by atoms with E-state index in [1.165, 1.54) is 44.2 Å². The van der Waals surface area contributed by atoms with Crippen LogP contribution in [-0.2, 0) is 6.54 Å². The Bertz CT molecular complexity index is 570. The van der Waals surface area contributed by atoms with E-state index in [1.807, 2.05) is 13.2 Å². The number of hydrogen-bond acceptors (Lipinski definition) is 3. The molecule has 0 unspecified atom stereocenters. The van der Waals surface area contributed by atoms with Crippen molar-refractivity contribution in [3.63, 3.8) is 0 Å². The second kappa shape index (κ2) is 8.07. The summed E-state index contributed by atoms with van der Waals surface area (Å²) in [4.78, 5) is 13.8. The molecule has 0 amide bonds. The van der Waals surface area contributed by atoms with Gasteiger partial charge in [-0.05, 0) is 50.2 Å². The van der Waals surface area contributed by atoms with Crippen molar-refractivity contribution in [2.75, 3.05) is 38.1 Å². The van der Waals surface area contributed by atoms with Gasteiger partial charge in [-0.15, -0.1) is 0 Å². The molecule has 3 rings (SSSR count). The third-order valence-electron chi connectivity index (χ3n) is 5.96. The van der Waals surface area contributed by atoms with Gasteiger partial charge >= 0.3 is 0 Å². The second-order valence-corrected chi connectivity index (χ2v) is 7.48. The van der Waals surface area contributed by atoms with Gasteiger partial charge in [0.05, 0.1) is 0 Å². The third kappa shape index (κ3) is 4.07. The quantitative estimate of drug-likeness (QED) is 0.658. The Labute approximate surface area is 152 Å². The third-order valence-corrected chi connectivity index (χ3v) is 5.96. The van der Waals surface area contributed by atoms with Crippen LogP contribution in [0.15, 0.2) is 23.3 Å². The molecule has 2 aliphatic rings. The van der Waals surface area contributed by atoms with E-state index < -0.39 is 0 Å². The lowest BCUT2D eigenvalue weighted by atomic mass is 9.86. The number of anilines is 1. The van der Waals surface area contributed by atoms with Crippen LogP contribution < -0.4 is 10.2 Å². The first-order chi connectivity index (χ1) is 12.2. The Hall–Kier alpha value is -1.78. The molecule has 138 valence electrons. The first kappa shape index (κ1) is 18.0. The molecule has 1 N–H and O–H groups in total. The van der Waals surface area contributed by atoms with Gasteiger partial charge < -0.3 is 15.1 Å². The smallest absolute Gasteiger partial charge is 0.193 e. The summed E-state index contributed by atoms with van der Waals surface area (Å²) in [6, 6.07) is 4.29. The summed E-state index contributed by atoms with van der Waals surface area (Å²) in [6.45, 7) is 9.40. The van der Waals surface area contributed by atoms with Crippen LogP contribution in [0.5, 0.6) is 0 Å². The molecule has 0 aromatic carbocycles. The molecule has 1 aromatic rings. The summed E-state index contributed by atoms with van der Waals surface area (Å²) < 4.78 is 0. The van der Waals surface area contributed by atoms with Gasteiger partial charge in [-0.3, -0.25) is 4.99 Å². The van der Waals surface area contributed by atoms with E-state index in [0.29, 0.717) is 5.41 Å². The molecule has 5 nitrogen and oxygen atoms in total. The largest absolute Gasteiger partial charge is 0.357 e. The Morgan fingerprint density at radius 2 is 2.00 bits per heavy atom. The van der Waals surface area contributed by atoms with Crippen molar-refractivity contribution in [2.45, 2.75) is 52.5 Å². The van der Waals surface area contributed by atoms with Crippen LogP contribution in [0.1, 0.15) is 51.5 Å². The van der Waals surface area contributed by atoms with Gasteiger partial charge in [0.2, 0.25) is 0 Å². The predicted octanol–water partition coefficient (Wildman–Crippen LogP) is 3.27. The summed E-state index contributed by atoms with van der Waals surface area (Å²) >= 11 is 0. The highest BCUT2D eigenvalue weighted by molar-refractivity contribution is 5.80. The Kier molecular flexibility index (Phi) is 5.82. The van der Waals surface area contributed by atoms with Crippen molar-refractivity contribution in [1.82, 2.24) is 15.2 Å². The maximum atomic E-state index is 4.61. The molecule has 1 spiro atoms. The van der Waals surface area contributed by atoms with Crippen LogP contribution in [0.2, 0.25) is 0 Å². The number of nitrogens with zero attached hydrogens (tertiary/aromatic N) is 4. The molecule has 5 heteroatoms. The van der Waals surface area contributed by atoms with E-state index in [2.05, 4.69) is 51.1 Å². The topological polar surface area (TPSA) is 43.8 Å². The monoisotopic (exact) mass is 343 g/mol. The maximum Gasteiger partial charge on any atom is 0.193 e. The van der Waals surface area contributed by atoms with Crippen LogP contribution >= 0.6 is 0 Å². The van der Waals surface area contributed by atoms with Gasteiger partial charge in [-0.2, -0.15) is 0 Å². The fourth-order valence-corrected chi connectivity index (χ4v) is 4.42. The number of pyridine rings is 1.